The van der Waals surface area contributed by atoms with Crippen molar-refractivity contribution in [2.45, 2.75) is 32.1 Å². The third kappa shape index (κ3) is 5.52. The largest absolute Gasteiger partial charge is 0.356 e. The van der Waals surface area contributed by atoms with E-state index in [9.17, 15) is 4.79 Å². The molecular weight excluding hydrogens is 392 g/mol. The van der Waals surface area contributed by atoms with Crippen molar-refractivity contribution in [2.24, 2.45) is 4.99 Å². The average molecular weight is 427 g/mol. The van der Waals surface area contributed by atoms with Crippen LogP contribution in [0.3, 0.4) is 0 Å². The van der Waals surface area contributed by atoms with Crippen LogP contribution in [0.5, 0.6) is 0 Å². The minimum Gasteiger partial charge on any atom is -0.356 e. The molecule has 1 N–H and O–H groups in total. The van der Waals surface area contributed by atoms with Gasteiger partial charge < -0.3 is 15.1 Å². The number of carbonyl (C=O) groups excluding carboxylic acids is 1. The Labute approximate surface area is 184 Å². The molecule has 1 amide bonds. The molecule has 4 heterocycles. The van der Waals surface area contributed by atoms with Crippen molar-refractivity contribution < 1.29 is 4.79 Å². The van der Waals surface area contributed by atoms with Gasteiger partial charge in [-0.1, -0.05) is 6.07 Å². The molecule has 2 aromatic heterocycles. The number of guanidine groups is 1. The Balaban J connectivity index is 1.17. The summed E-state index contributed by atoms with van der Waals surface area (Å²) in [7, 11) is 1.83. The number of aromatic nitrogens is 3. The van der Waals surface area contributed by atoms with Crippen LogP contribution in [0, 0.1) is 0 Å². The second-order valence-electron chi connectivity index (χ2n) is 8.33. The van der Waals surface area contributed by atoms with Crippen LogP contribution in [-0.2, 0) is 11.2 Å². The molecule has 2 aromatic rings. The van der Waals surface area contributed by atoms with Crippen LogP contribution in [0.15, 0.2) is 29.4 Å². The molecule has 0 radical (unpaired) electrons. The number of carbonyl (C=O) groups is 1. The zero-order valence-electron chi connectivity index (χ0n) is 18.5. The van der Waals surface area contributed by atoms with E-state index >= 15 is 0 Å². The molecule has 9 nitrogen and oxygen atoms in total. The lowest BCUT2D eigenvalue weighted by Crippen LogP contribution is -2.54. The standard InChI is InChI=1S/C22H34N8O/c1-23-22(24-10-7-9-20-26-25-19-8-3-6-13-30(19)20)29-16-14-27(15-17-29)18-21(31)28-11-4-2-5-12-28/h3,6,8,13H,2,4-5,7,9-12,14-18H2,1H3,(H,23,24). The Hall–Kier alpha value is -2.68. The molecule has 0 aromatic carbocycles. The molecule has 168 valence electrons. The summed E-state index contributed by atoms with van der Waals surface area (Å²) in [6.07, 6.45) is 7.38. The van der Waals surface area contributed by atoms with E-state index in [-0.39, 0.29) is 5.91 Å². The van der Waals surface area contributed by atoms with E-state index in [1.807, 2.05) is 40.7 Å². The molecule has 2 aliphatic heterocycles. The summed E-state index contributed by atoms with van der Waals surface area (Å²) in [5.41, 5.74) is 0.887. The van der Waals surface area contributed by atoms with Crippen molar-refractivity contribution >= 4 is 17.5 Å². The summed E-state index contributed by atoms with van der Waals surface area (Å²) < 4.78 is 2.04. The summed E-state index contributed by atoms with van der Waals surface area (Å²) in [5.74, 6) is 2.21. The zero-order valence-corrected chi connectivity index (χ0v) is 18.5. The van der Waals surface area contributed by atoms with E-state index in [1.165, 1.54) is 6.42 Å². The van der Waals surface area contributed by atoms with Crippen LogP contribution < -0.4 is 5.32 Å². The van der Waals surface area contributed by atoms with E-state index in [2.05, 4.69) is 30.3 Å². The number of piperazine rings is 1. The fourth-order valence-corrected chi connectivity index (χ4v) is 4.39. The number of nitrogens with zero attached hydrogens (tertiary/aromatic N) is 7. The molecule has 0 saturated carbocycles. The first-order chi connectivity index (χ1) is 15.2. The van der Waals surface area contributed by atoms with Gasteiger partial charge in [0.1, 0.15) is 5.82 Å². The van der Waals surface area contributed by atoms with Gasteiger partial charge in [0.2, 0.25) is 5.91 Å². The van der Waals surface area contributed by atoms with Gasteiger partial charge in [0, 0.05) is 65.5 Å². The Morgan fingerprint density at radius 3 is 2.61 bits per heavy atom. The number of likely N-dealkylation sites (tertiary alicyclic amines) is 1. The van der Waals surface area contributed by atoms with Gasteiger partial charge in [-0.15, -0.1) is 10.2 Å². The quantitative estimate of drug-likeness (QED) is 0.419. The molecule has 0 atom stereocenters. The van der Waals surface area contributed by atoms with Crippen molar-refractivity contribution in [3.05, 3.63) is 30.2 Å². The summed E-state index contributed by atoms with van der Waals surface area (Å²) in [5, 5.41) is 12.0. The maximum Gasteiger partial charge on any atom is 0.236 e. The highest BCUT2D eigenvalue weighted by molar-refractivity contribution is 5.80. The van der Waals surface area contributed by atoms with Gasteiger partial charge >= 0.3 is 0 Å². The number of fused-ring (bicyclic) bond motifs is 1. The third-order valence-corrected chi connectivity index (χ3v) is 6.20. The van der Waals surface area contributed by atoms with Gasteiger partial charge in [-0.05, 0) is 37.8 Å². The normalized spacial score (nSPS) is 18.5. The van der Waals surface area contributed by atoms with E-state index in [1.54, 1.807) is 0 Å². The highest BCUT2D eigenvalue weighted by Gasteiger charge is 2.24. The zero-order chi connectivity index (χ0) is 21.5. The molecule has 2 saturated heterocycles. The first kappa shape index (κ1) is 21.5. The molecule has 0 aliphatic carbocycles. The second-order valence-corrected chi connectivity index (χ2v) is 8.33. The summed E-state index contributed by atoms with van der Waals surface area (Å²) >= 11 is 0. The number of aliphatic imine (C=N–C) groups is 1. The second kappa shape index (κ2) is 10.6. The third-order valence-electron chi connectivity index (χ3n) is 6.20. The van der Waals surface area contributed by atoms with Gasteiger partial charge in [-0.2, -0.15) is 0 Å². The maximum absolute atomic E-state index is 12.5. The van der Waals surface area contributed by atoms with E-state index in [0.717, 1.165) is 88.9 Å². The SMILES string of the molecule is CN=C(NCCCc1nnc2ccccn12)N1CCN(CC(=O)N2CCCCC2)CC1. The van der Waals surface area contributed by atoms with Crippen LogP contribution in [0.25, 0.3) is 5.65 Å². The first-order valence-electron chi connectivity index (χ1n) is 11.5. The van der Waals surface area contributed by atoms with Crippen LogP contribution in [0.2, 0.25) is 0 Å². The highest BCUT2D eigenvalue weighted by Crippen LogP contribution is 2.10. The highest BCUT2D eigenvalue weighted by atomic mass is 16.2. The fraction of sp³-hybridized carbons (Fsp3) is 0.636. The van der Waals surface area contributed by atoms with Gasteiger partial charge in [0.05, 0.1) is 6.54 Å². The predicted octanol–water partition coefficient (Wildman–Crippen LogP) is 0.867. The molecular formula is C22H34N8O. The van der Waals surface area contributed by atoms with Crippen LogP contribution in [0.4, 0.5) is 0 Å². The van der Waals surface area contributed by atoms with Crippen LogP contribution in [0.1, 0.15) is 31.5 Å². The molecule has 31 heavy (non-hydrogen) atoms. The number of piperidine rings is 1. The van der Waals surface area contributed by atoms with Crippen molar-refractivity contribution in [2.75, 3.05) is 59.4 Å². The van der Waals surface area contributed by atoms with Crippen LogP contribution in [-0.4, -0.2) is 101 Å². The van der Waals surface area contributed by atoms with Crippen molar-refractivity contribution in [1.82, 2.24) is 34.6 Å². The lowest BCUT2D eigenvalue weighted by atomic mass is 10.1. The summed E-state index contributed by atoms with van der Waals surface area (Å²) in [4.78, 5) is 23.6. The molecule has 0 unspecified atom stereocenters. The maximum atomic E-state index is 12.5. The van der Waals surface area contributed by atoms with Crippen molar-refractivity contribution in [1.29, 1.82) is 0 Å². The summed E-state index contributed by atoms with van der Waals surface area (Å²) in [6, 6.07) is 5.94. The van der Waals surface area contributed by atoms with E-state index in [0.29, 0.717) is 6.54 Å². The number of rotatable bonds is 6. The van der Waals surface area contributed by atoms with Gasteiger partial charge in [0.15, 0.2) is 11.6 Å². The number of hydrogen-bond acceptors (Lipinski definition) is 5. The molecule has 0 spiro atoms. The smallest absolute Gasteiger partial charge is 0.236 e. The molecule has 2 aliphatic rings. The van der Waals surface area contributed by atoms with Gasteiger partial charge in [-0.25, -0.2) is 0 Å². The van der Waals surface area contributed by atoms with Gasteiger partial charge in [0.25, 0.3) is 0 Å². The minimum absolute atomic E-state index is 0.289. The predicted molar refractivity (Wildman–Crippen MR) is 121 cm³/mol. The van der Waals surface area contributed by atoms with Crippen molar-refractivity contribution in [3.8, 4) is 0 Å². The molecule has 0 bridgehead atoms. The minimum atomic E-state index is 0.289. The number of nitrogens with one attached hydrogen (secondary N) is 1. The van der Waals surface area contributed by atoms with Crippen LogP contribution >= 0.6 is 0 Å². The number of pyridine rings is 1. The monoisotopic (exact) mass is 426 g/mol. The Morgan fingerprint density at radius 1 is 1.03 bits per heavy atom. The molecule has 9 heteroatoms. The average Bonchev–Trinajstić information content (AvgIpc) is 3.23. The molecule has 2 fully saturated rings. The van der Waals surface area contributed by atoms with Crippen molar-refractivity contribution in [3.63, 3.8) is 0 Å². The summed E-state index contributed by atoms with van der Waals surface area (Å²) in [6.45, 7) is 6.82. The van der Waals surface area contributed by atoms with E-state index < -0.39 is 0 Å². The first-order valence-corrected chi connectivity index (χ1v) is 11.5. The fourth-order valence-electron chi connectivity index (χ4n) is 4.39. The topological polar surface area (TPSA) is 81.4 Å². The number of amides is 1. The number of aryl methyl sites for hydroxylation is 1. The van der Waals surface area contributed by atoms with E-state index in [4.69, 9.17) is 0 Å². The lowest BCUT2D eigenvalue weighted by molar-refractivity contribution is -0.133. The Bertz CT molecular complexity index is 881. The lowest BCUT2D eigenvalue weighted by Gasteiger charge is -2.37. The van der Waals surface area contributed by atoms with Gasteiger partial charge in [-0.3, -0.25) is 19.1 Å². The number of hydrogen-bond donors (Lipinski definition) is 1. The Kier molecular flexibility index (Phi) is 7.35. The Morgan fingerprint density at radius 2 is 1.84 bits per heavy atom. The molecule has 4 rings (SSSR count).